The lowest BCUT2D eigenvalue weighted by Gasteiger charge is -2.35. The number of rotatable bonds is 5. The fourth-order valence-electron chi connectivity index (χ4n) is 2.57. The van der Waals surface area contributed by atoms with Crippen LogP contribution in [-0.4, -0.2) is 12.1 Å². The molecule has 0 radical (unpaired) electrons. The molecule has 0 aliphatic heterocycles. The first-order chi connectivity index (χ1) is 9.99. The van der Waals surface area contributed by atoms with E-state index in [1.54, 1.807) is 17.4 Å². The smallest absolute Gasteiger partial charge is 0.211 e. The molecule has 0 aliphatic carbocycles. The largest absolute Gasteiger partial charge is 0.362 e. The van der Waals surface area contributed by atoms with Crippen LogP contribution in [0.15, 0.2) is 28.4 Å². The van der Waals surface area contributed by atoms with Crippen LogP contribution in [0.1, 0.15) is 40.5 Å². The van der Waals surface area contributed by atoms with Gasteiger partial charge in [-0.3, -0.25) is 4.79 Å². The SMILES string of the molecule is CC[C@@H](C)N(c1csc2ccc(Cl)cc2c1=O)[C@@H](C)CC. The summed E-state index contributed by atoms with van der Waals surface area (Å²) in [4.78, 5) is 15.1. The Morgan fingerprint density at radius 3 is 2.38 bits per heavy atom. The third-order valence-corrected chi connectivity index (χ3v) is 5.31. The summed E-state index contributed by atoms with van der Waals surface area (Å²) < 4.78 is 0.987. The summed E-state index contributed by atoms with van der Waals surface area (Å²) in [6.45, 7) is 8.68. The van der Waals surface area contributed by atoms with Crippen LogP contribution in [0.2, 0.25) is 5.02 Å². The third kappa shape index (κ3) is 3.24. The van der Waals surface area contributed by atoms with Crippen LogP contribution in [0.4, 0.5) is 5.69 Å². The summed E-state index contributed by atoms with van der Waals surface area (Å²) >= 11 is 7.66. The van der Waals surface area contributed by atoms with Crippen LogP contribution in [0, 0.1) is 0 Å². The highest BCUT2D eigenvalue weighted by molar-refractivity contribution is 7.16. The molecule has 1 aromatic carbocycles. The standard InChI is InChI=1S/C17H22ClNOS/c1-5-11(3)19(12(4)6-2)15-10-21-16-8-7-13(18)9-14(16)17(15)20/h7-12H,5-6H2,1-4H3/t11-,12+. The highest BCUT2D eigenvalue weighted by Crippen LogP contribution is 2.27. The lowest BCUT2D eigenvalue weighted by atomic mass is 10.1. The molecule has 0 N–H and O–H groups in total. The Labute approximate surface area is 135 Å². The molecular formula is C17H22ClNOS. The maximum atomic E-state index is 12.9. The van der Waals surface area contributed by atoms with Gasteiger partial charge in [0.15, 0.2) is 0 Å². The first-order valence-corrected chi connectivity index (χ1v) is 8.74. The van der Waals surface area contributed by atoms with Crippen molar-refractivity contribution in [3.05, 3.63) is 38.8 Å². The van der Waals surface area contributed by atoms with E-state index in [0.717, 1.165) is 28.6 Å². The lowest BCUT2D eigenvalue weighted by molar-refractivity contribution is 0.527. The van der Waals surface area contributed by atoms with E-state index in [4.69, 9.17) is 11.6 Å². The Hall–Kier alpha value is -1.06. The van der Waals surface area contributed by atoms with Crippen molar-refractivity contribution in [3.63, 3.8) is 0 Å². The number of anilines is 1. The van der Waals surface area contributed by atoms with Crippen molar-refractivity contribution in [2.45, 2.75) is 52.6 Å². The predicted octanol–water partition coefficient (Wildman–Crippen LogP) is 5.32. The van der Waals surface area contributed by atoms with Gasteiger partial charge >= 0.3 is 0 Å². The van der Waals surface area contributed by atoms with E-state index in [1.165, 1.54) is 0 Å². The van der Waals surface area contributed by atoms with Crippen LogP contribution in [0.25, 0.3) is 10.1 Å². The Morgan fingerprint density at radius 1 is 1.19 bits per heavy atom. The van der Waals surface area contributed by atoms with E-state index in [1.807, 2.05) is 17.5 Å². The molecule has 0 unspecified atom stereocenters. The molecule has 0 saturated carbocycles. The molecule has 4 heteroatoms. The summed E-state index contributed by atoms with van der Waals surface area (Å²) in [5, 5.41) is 3.33. The number of benzene rings is 1. The molecule has 0 bridgehead atoms. The lowest BCUT2D eigenvalue weighted by Crippen LogP contribution is -2.42. The van der Waals surface area contributed by atoms with Crippen molar-refractivity contribution in [3.8, 4) is 0 Å². The molecular weight excluding hydrogens is 302 g/mol. The first kappa shape index (κ1) is 16.3. The zero-order valence-corrected chi connectivity index (χ0v) is 14.6. The van der Waals surface area contributed by atoms with Gasteiger partial charge in [0.1, 0.15) is 0 Å². The second-order valence-electron chi connectivity index (χ2n) is 5.51. The number of fused-ring (bicyclic) bond motifs is 1. The Kier molecular flexibility index (Phi) is 5.28. The Bertz CT molecular complexity index is 672. The Morgan fingerprint density at radius 2 is 1.81 bits per heavy atom. The van der Waals surface area contributed by atoms with E-state index in [9.17, 15) is 4.79 Å². The molecule has 2 rings (SSSR count). The molecule has 0 spiro atoms. The summed E-state index contributed by atoms with van der Waals surface area (Å²) in [6.07, 6.45) is 2.03. The van der Waals surface area contributed by atoms with Crippen LogP contribution < -0.4 is 10.3 Å². The Balaban J connectivity index is 2.63. The highest BCUT2D eigenvalue weighted by Gasteiger charge is 2.21. The minimum atomic E-state index is 0.0897. The van der Waals surface area contributed by atoms with Gasteiger partial charge in [-0.15, -0.1) is 11.3 Å². The second-order valence-corrected chi connectivity index (χ2v) is 6.86. The quantitative estimate of drug-likeness (QED) is 0.742. The molecule has 2 aromatic rings. The maximum Gasteiger partial charge on any atom is 0.211 e. The average Bonchev–Trinajstić information content (AvgIpc) is 2.49. The third-order valence-electron chi connectivity index (χ3n) is 4.13. The van der Waals surface area contributed by atoms with Crippen molar-refractivity contribution >= 4 is 38.7 Å². The van der Waals surface area contributed by atoms with Gasteiger partial charge in [-0.25, -0.2) is 0 Å². The van der Waals surface area contributed by atoms with Crippen LogP contribution in [-0.2, 0) is 0 Å². The molecule has 2 atom stereocenters. The van der Waals surface area contributed by atoms with E-state index in [0.29, 0.717) is 17.1 Å². The maximum absolute atomic E-state index is 12.9. The summed E-state index contributed by atoms with van der Waals surface area (Å²) in [5.74, 6) is 0. The first-order valence-electron chi connectivity index (χ1n) is 7.49. The van der Waals surface area contributed by atoms with Crippen molar-refractivity contribution < 1.29 is 0 Å². The van der Waals surface area contributed by atoms with Gasteiger partial charge in [0.25, 0.3) is 0 Å². The number of nitrogens with zero attached hydrogens (tertiary/aromatic N) is 1. The highest BCUT2D eigenvalue weighted by atomic mass is 35.5. The molecule has 1 heterocycles. The van der Waals surface area contributed by atoms with E-state index < -0.39 is 0 Å². The van der Waals surface area contributed by atoms with Crippen LogP contribution in [0.3, 0.4) is 0 Å². The van der Waals surface area contributed by atoms with Crippen LogP contribution >= 0.6 is 22.9 Å². The molecule has 2 nitrogen and oxygen atoms in total. The normalized spacial score (nSPS) is 14.1. The predicted molar refractivity (Wildman–Crippen MR) is 95.1 cm³/mol. The van der Waals surface area contributed by atoms with Gasteiger partial charge in [-0.1, -0.05) is 25.4 Å². The average molecular weight is 324 g/mol. The molecule has 0 amide bonds. The molecule has 0 fully saturated rings. The summed E-state index contributed by atoms with van der Waals surface area (Å²) in [6, 6.07) is 6.23. The van der Waals surface area contributed by atoms with E-state index in [2.05, 4.69) is 32.6 Å². The molecule has 114 valence electrons. The molecule has 0 aliphatic rings. The van der Waals surface area contributed by atoms with Crippen LogP contribution in [0.5, 0.6) is 0 Å². The van der Waals surface area contributed by atoms with Gasteiger partial charge in [0.05, 0.1) is 5.69 Å². The van der Waals surface area contributed by atoms with Gasteiger partial charge in [-0.2, -0.15) is 0 Å². The number of halogens is 1. The number of hydrogen-bond acceptors (Lipinski definition) is 3. The van der Waals surface area contributed by atoms with Gasteiger partial charge in [0, 0.05) is 32.6 Å². The van der Waals surface area contributed by atoms with E-state index in [-0.39, 0.29) is 5.43 Å². The molecule has 21 heavy (non-hydrogen) atoms. The van der Waals surface area contributed by atoms with Crippen molar-refractivity contribution in [1.29, 1.82) is 0 Å². The van der Waals surface area contributed by atoms with Crippen molar-refractivity contribution in [2.75, 3.05) is 4.90 Å². The monoisotopic (exact) mass is 323 g/mol. The van der Waals surface area contributed by atoms with Gasteiger partial charge < -0.3 is 4.90 Å². The van der Waals surface area contributed by atoms with Crippen molar-refractivity contribution in [1.82, 2.24) is 0 Å². The molecule has 0 saturated heterocycles. The fraction of sp³-hybridized carbons (Fsp3) is 0.471. The zero-order chi connectivity index (χ0) is 15.6. The molecule has 1 aromatic heterocycles. The minimum Gasteiger partial charge on any atom is -0.362 e. The summed E-state index contributed by atoms with van der Waals surface area (Å²) in [7, 11) is 0. The minimum absolute atomic E-state index is 0.0897. The van der Waals surface area contributed by atoms with E-state index >= 15 is 0 Å². The van der Waals surface area contributed by atoms with Gasteiger partial charge in [0.2, 0.25) is 5.43 Å². The number of hydrogen-bond donors (Lipinski definition) is 0. The zero-order valence-electron chi connectivity index (χ0n) is 13.0. The second kappa shape index (κ2) is 6.80. The van der Waals surface area contributed by atoms with Gasteiger partial charge in [-0.05, 0) is 44.9 Å². The fourth-order valence-corrected chi connectivity index (χ4v) is 3.64. The van der Waals surface area contributed by atoms with Crippen molar-refractivity contribution in [2.24, 2.45) is 0 Å². The topological polar surface area (TPSA) is 20.3 Å². The summed E-state index contributed by atoms with van der Waals surface area (Å²) in [5.41, 5.74) is 0.894.